The predicted octanol–water partition coefficient (Wildman–Crippen LogP) is 1.09. The van der Waals surface area contributed by atoms with E-state index in [2.05, 4.69) is 38.0 Å². The first-order valence-corrected chi connectivity index (χ1v) is 7.19. The molecule has 4 heteroatoms. The molecule has 1 aliphatic carbocycles. The molecule has 0 aromatic carbocycles. The van der Waals surface area contributed by atoms with Crippen molar-refractivity contribution in [3.05, 3.63) is 0 Å². The molecule has 2 N–H and O–H groups in total. The third-order valence-corrected chi connectivity index (χ3v) is 3.40. The second-order valence-corrected chi connectivity index (χ2v) is 5.99. The molecule has 18 heavy (non-hydrogen) atoms. The highest BCUT2D eigenvalue weighted by atomic mass is 16.5. The average Bonchev–Trinajstić information content (AvgIpc) is 3.11. The summed E-state index contributed by atoms with van der Waals surface area (Å²) >= 11 is 0. The van der Waals surface area contributed by atoms with Gasteiger partial charge in [-0.2, -0.15) is 0 Å². The predicted molar refractivity (Wildman–Crippen MR) is 74.8 cm³/mol. The molecule has 108 valence electrons. The van der Waals surface area contributed by atoms with Crippen LogP contribution in [0, 0.1) is 5.92 Å². The topological polar surface area (TPSA) is 44.7 Å². The largest absolute Gasteiger partial charge is 0.389 e. The summed E-state index contributed by atoms with van der Waals surface area (Å²) in [5.41, 5.74) is 0. The second-order valence-electron chi connectivity index (χ2n) is 5.99. The number of aliphatic hydroxyl groups excluding tert-OH is 1. The van der Waals surface area contributed by atoms with Crippen molar-refractivity contribution in [2.45, 2.75) is 51.8 Å². The number of rotatable bonds is 10. The van der Waals surface area contributed by atoms with Crippen LogP contribution in [-0.2, 0) is 4.74 Å². The summed E-state index contributed by atoms with van der Waals surface area (Å²) in [5, 5.41) is 13.0. The molecule has 0 bridgehead atoms. The van der Waals surface area contributed by atoms with Crippen LogP contribution < -0.4 is 5.32 Å². The van der Waals surface area contributed by atoms with Crippen LogP contribution in [0.15, 0.2) is 0 Å². The molecule has 1 saturated carbocycles. The van der Waals surface area contributed by atoms with E-state index in [1.165, 1.54) is 12.8 Å². The molecule has 2 unspecified atom stereocenters. The lowest BCUT2D eigenvalue weighted by atomic mass is 10.2. The van der Waals surface area contributed by atoms with Crippen molar-refractivity contribution in [3.63, 3.8) is 0 Å². The number of hydrogen-bond acceptors (Lipinski definition) is 4. The van der Waals surface area contributed by atoms with Crippen LogP contribution in [0.3, 0.4) is 0 Å². The molecule has 1 fully saturated rings. The zero-order valence-corrected chi connectivity index (χ0v) is 12.4. The number of hydrogen-bond donors (Lipinski definition) is 2. The van der Waals surface area contributed by atoms with Crippen molar-refractivity contribution in [2.24, 2.45) is 5.92 Å². The summed E-state index contributed by atoms with van der Waals surface area (Å²) in [7, 11) is 2.19. The Morgan fingerprint density at radius 1 is 1.22 bits per heavy atom. The van der Waals surface area contributed by atoms with Gasteiger partial charge in [0.2, 0.25) is 0 Å². The van der Waals surface area contributed by atoms with Crippen LogP contribution in [0.2, 0.25) is 0 Å². The number of aliphatic hydroxyl groups is 1. The summed E-state index contributed by atoms with van der Waals surface area (Å²) in [6.07, 6.45) is 2.28. The van der Waals surface area contributed by atoms with Gasteiger partial charge in [0.25, 0.3) is 0 Å². The van der Waals surface area contributed by atoms with E-state index in [9.17, 15) is 5.11 Å². The molecule has 0 aromatic heterocycles. The number of ether oxygens (including phenoxy) is 1. The average molecular weight is 258 g/mol. The highest BCUT2D eigenvalue weighted by molar-refractivity contribution is 4.85. The van der Waals surface area contributed by atoms with Gasteiger partial charge in [0.15, 0.2) is 0 Å². The Balaban J connectivity index is 1.98. The van der Waals surface area contributed by atoms with Gasteiger partial charge in [-0.1, -0.05) is 13.8 Å². The lowest BCUT2D eigenvalue weighted by Gasteiger charge is -2.25. The maximum atomic E-state index is 9.73. The fraction of sp³-hybridized carbons (Fsp3) is 1.00. The summed E-state index contributed by atoms with van der Waals surface area (Å²) in [5.74, 6) is 0.525. The minimum atomic E-state index is -0.401. The maximum Gasteiger partial charge on any atom is 0.0897 e. The highest BCUT2D eigenvalue weighted by Gasteiger charge is 2.28. The Hall–Kier alpha value is -0.160. The zero-order valence-electron chi connectivity index (χ0n) is 12.4. The van der Waals surface area contributed by atoms with Crippen LogP contribution in [-0.4, -0.2) is 61.5 Å². The summed E-state index contributed by atoms with van der Waals surface area (Å²) in [4.78, 5) is 2.43. The zero-order chi connectivity index (χ0) is 13.5. The fourth-order valence-electron chi connectivity index (χ4n) is 1.94. The van der Waals surface area contributed by atoms with Gasteiger partial charge in [-0.3, -0.25) is 4.90 Å². The standard InChI is InChI=1S/C14H30N2O2/c1-11(2)9-18-10-14(17)8-15-7-12(3)16(4)13-5-6-13/h11-15,17H,5-10H2,1-4H3. The van der Waals surface area contributed by atoms with Gasteiger partial charge in [-0.25, -0.2) is 0 Å². The maximum absolute atomic E-state index is 9.73. The first-order chi connectivity index (χ1) is 8.50. The van der Waals surface area contributed by atoms with E-state index in [0.29, 0.717) is 25.1 Å². The number of likely N-dealkylation sites (N-methyl/N-ethyl adjacent to an activating group) is 1. The quantitative estimate of drug-likeness (QED) is 0.616. The normalized spacial score (nSPS) is 19.5. The number of nitrogens with zero attached hydrogens (tertiary/aromatic N) is 1. The van der Waals surface area contributed by atoms with Gasteiger partial charge in [0, 0.05) is 31.8 Å². The molecular weight excluding hydrogens is 228 g/mol. The molecule has 2 atom stereocenters. The first kappa shape index (κ1) is 15.9. The Morgan fingerprint density at radius 2 is 1.89 bits per heavy atom. The highest BCUT2D eigenvalue weighted by Crippen LogP contribution is 2.26. The van der Waals surface area contributed by atoms with Crippen LogP contribution in [0.5, 0.6) is 0 Å². The SMILES string of the molecule is CC(C)COCC(O)CNCC(C)N(C)C1CC1. The summed E-state index contributed by atoms with van der Waals surface area (Å²) in [6, 6.07) is 1.32. The summed E-state index contributed by atoms with van der Waals surface area (Å²) in [6.45, 7) is 9.14. The molecule has 1 aliphatic rings. The Morgan fingerprint density at radius 3 is 2.44 bits per heavy atom. The molecule has 0 heterocycles. The number of nitrogens with one attached hydrogen (secondary N) is 1. The first-order valence-electron chi connectivity index (χ1n) is 7.19. The monoisotopic (exact) mass is 258 g/mol. The third kappa shape index (κ3) is 6.69. The molecule has 4 nitrogen and oxygen atoms in total. The van der Waals surface area contributed by atoms with Crippen LogP contribution in [0.4, 0.5) is 0 Å². The molecule has 1 rings (SSSR count). The van der Waals surface area contributed by atoms with Gasteiger partial charge in [0.05, 0.1) is 12.7 Å². The Labute approximate surface area is 112 Å². The van der Waals surface area contributed by atoms with Crippen molar-refractivity contribution in [1.29, 1.82) is 0 Å². The van der Waals surface area contributed by atoms with E-state index >= 15 is 0 Å². The summed E-state index contributed by atoms with van der Waals surface area (Å²) < 4.78 is 5.41. The van der Waals surface area contributed by atoms with E-state index in [1.54, 1.807) is 0 Å². The van der Waals surface area contributed by atoms with E-state index in [1.807, 2.05) is 0 Å². The van der Waals surface area contributed by atoms with Gasteiger partial charge in [-0.05, 0) is 32.7 Å². The second kappa shape index (κ2) is 8.10. The Bertz CT molecular complexity index is 220. The molecule has 0 saturated heterocycles. The molecule has 0 amide bonds. The smallest absolute Gasteiger partial charge is 0.0897 e. The van der Waals surface area contributed by atoms with Crippen molar-refractivity contribution < 1.29 is 9.84 Å². The van der Waals surface area contributed by atoms with Crippen molar-refractivity contribution in [2.75, 3.05) is 33.4 Å². The van der Waals surface area contributed by atoms with Gasteiger partial charge < -0.3 is 15.2 Å². The van der Waals surface area contributed by atoms with Crippen LogP contribution in [0.1, 0.15) is 33.6 Å². The minimum Gasteiger partial charge on any atom is -0.389 e. The van der Waals surface area contributed by atoms with Crippen molar-refractivity contribution >= 4 is 0 Å². The van der Waals surface area contributed by atoms with Crippen molar-refractivity contribution in [1.82, 2.24) is 10.2 Å². The lowest BCUT2D eigenvalue weighted by Crippen LogP contribution is -2.42. The fourth-order valence-corrected chi connectivity index (χ4v) is 1.94. The molecule has 0 radical (unpaired) electrons. The van der Waals surface area contributed by atoms with Crippen LogP contribution >= 0.6 is 0 Å². The molecule has 0 aromatic rings. The van der Waals surface area contributed by atoms with E-state index in [0.717, 1.165) is 19.2 Å². The Kier molecular flexibility index (Phi) is 7.15. The van der Waals surface area contributed by atoms with Gasteiger partial charge in [-0.15, -0.1) is 0 Å². The lowest BCUT2D eigenvalue weighted by molar-refractivity contribution is 0.0256. The molecule has 0 spiro atoms. The third-order valence-electron chi connectivity index (χ3n) is 3.40. The van der Waals surface area contributed by atoms with Crippen molar-refractivity contribution in [3.8, 4) is 0 Å². The van der Waals surface area contributed by atoms with Gasteiger partial charge >= 0.3 is 0 Å². The van der Waals surface area contributed by atoms with E-state index in [4.69, 9.17) is 4.74 Å². The molecule has 0 aliphatic heterocycles. The van der Waals surface area contributed by atoms with E-state index in [-0.39, 0.29) is 0 Å². The molecular formula is C14H30N2O2. The minimum absolute atomic E-state index is 0.401. The van der Waals surface area contributed by atoms with Gasteiger partial charge in [0.1, 0.15) is 0 Å². The van der Waals surface area contributed by atoms with E-state index < -0.39 is 6.10 Å². The van der Waals surface area contributed by atoms with Crippen LogP contribution in [0.25, 0.3) is 0 Å².